The van der Waals surface area contributed by atoms with Gasteiger partial charge in [0.05, 0.1) is 19.3 Å². The lowest BCUT2D eigenvalue weighted by atomic mass is 10.1. The van der Waals surface area contributed by atoms with E-state index in [1.165, 1.54) is 6.07 Å². The molecule has 1 amide bonds. The van der Waals surface area contributed by atoms with Crippen LogP contribution in [0.25, 0.3) is 0 Å². The van der Waals surface area contributed by atoms with Crippen LogP contribution in [0.5, 0.6) is 0 Å². The van der Waals surface area contributed by atoms with E-state index in [9.17, 15) is 4.79 Å². The molecular formula is C12H17ClN2O3. The summed E-state index contributed by atoms with van der Waals surface area (Å²) in [6.07, 6.45) is 0. The summed E-state index contributed by atoms with van der Waals surface area (Å²) in [6.45, 7) is 0.866. The molecule has 1 atom stereocenters. The lowest BCUT2D eigenvalue weighted by Crippen LogP contribution is -2.36. The number of hydrogen-bond donors (Lipinski definition) is 3. The average Bonchev–Trinajstić information content (AvgIpc) is 2.35. The van der Waals surface area contributed by atoms with Gasteiger partial charge in [0.15, 0.2) is 0 Å². The third-order valence-corrected chi connectivity index (χ3v) is 2.86. The minimum absolute atomic E-state index is 0.0230. The molecule has 0 aromatic heterocycles. The first kappa shape index (κ1) is 14.9. The maximum atomic E-state index is 11.0. The van der Waals surface area contributed by atoms with E-state index in [0.717, 1.165) is 5.56 Å². The second-order valence-electron chi connectivity index (χ2n) is 3.89. The summed E-state index contributed by atoms with van der Waals surface area (Å²) in [4.78, 5) is 11.0. The second kappa shape index (κ2) is 7.33. The molecule has 1 aromatic rings. The lowest BCUT2D eigenvalue weighted by molar-refractivity contribution is 0.100. The fourth-order valence-electron chi connectivity index (χ4n) is 1.48. The third kappa shape index (κ3) is 4.27. The highest BCUT2D eigenvalue weighted by molar-refractivity contribution is 6.31. The molecule has 4 N–H and O–H groups in total. The Labute approximate surface area is 111 Å². The summed E-state index contributed by atoms with van der Waals surface area (Å²) in [7, 11) is 1.57. The number of ether oxygens (including phenoxy) is 1. The highest BCUT2D eigenvalue weighted by Gasteiger charge is 2.09. The first-order valence-corrected chi connectivity index (χ1v) is 5.87. The van der Waals surface area contributed by atoms with Gasteiger partial charge in [0, 0.05) is 24.2 Å². The monoisotopic (exact) mass is 272 g/mol. The highest BCUT2D eigenvalue weighted by atomic mass is 35.5. The van der Waals surface area contributed by atoms with E-state index in [1.54, 1.807) is 19.2 Å². The zero-order chi connectivity index (χ0) is 13.5. The molecule has 1 rings (SSSR count). The smallest absolute Gasteiger partial charge is 0.248 e. The lowest BCUT2D eigenvalue weighted by Gasteiger charge is -2.15. The number of nitrogens with two attached hydrogens (primary N) is 1. The molecule has 0 heterocycles. The van der Waals surface area contributed by atoms with Crippen LogP contribution in [0.4, 0.5) is 0 Å². The molecule has 0 radical (unpaired) electrons. The summed E-state index contributed by atoms with van der Waals surface area (Å²) in [6, 6.07) is 4.74. The number of benzene rings is 1. The Balaban J connectivity index is 2.65. The van der Waals surface area contributed by atoms with Crippen LogP contribution >= 0.6 is 11.6 Å². The van der Waals surface area contributed by atoms with Crippen molar-refractivity contribution in [3.63, 3.8) is 0 Å². The Hall–Kier alpha value is -1.14. The Morgan fingerprint density at radius 2 is 2.33 bits per heavy atom. The molecule has 0 spiro atoms. The summed E-state index contributed by atoms with van der Waals surface area (Å²) in [5, 5.41) is 12.7. The zero-order valence-corrected chi connectivity index (χ0v) is 10.9. The number of primary amides is 1. The largest absolute Gasteiger partial charge is 0.395 e. The fourth-order valence-corrected chi connectivity index (χ4v) is 1.72. The van der Waals surface area contributed by atoms with Crippen LogP contribution in [0.3, 0.4) is 0 Å². The molecule has 0 aliphatic carbocycles. The number of hydrogen-bond acceptors (Lipinski definition) is 4. The molecule has 0 saturated heterocycles. The average molecular weight is 273 g/mol. The zero-order valence-electron chi connectivity index (χ0n) is 10.1. The summed E-state index contributed by atoms with van der Waals surface area (Å²) < 4.78 is 4.95. The quantitative estimate of drug-likeness (QED) is 0.676. The Kier molecular flexibility index (Phi) is 6.07. The van der Waals surface area contributed by atoms with E-state index in [1.807, 2.05) is 0 Å². The van der Waals surface area contributed by atoms with Gasteiger partial charge >= 0.3 is 0 Å². The fraction of sp³-hybridized carbons (Fsp3) is 0.417. The maximum Gasteiger partial charge on any atom is 0.248 e. The van der Waals surface area contributed by atoms with Crippen molar-refractivity contribution in [3.05, 3.63) is 34.3 Å². The van der Waals surface area contributed by atoms with Crippen molar-refractivity contribution in [3.8, 4) is 0 Å². The predicted molar refractivity (Wildman–Crippen MR) is 69.6 cm³/mol. The number of methoxy groups -OCH3 is 1. The number of rotatable bonds is 7. The molecule has 18 heavy (non-hydrogen) atoms. The summed E-state index contributed by atoms with van der Waals surface area (Å²) >= 11 is 6.04. The van der Waals surface area contributed by atoms with Crippen molar-refractivity contribution in [1.82, 2.24) is 5.32 Å². The van der Waals surface area contributed by atoms with Crippen LogP contribution < -0.4 is 11.1 Å². The normalized spacial score (nSPS) is 12.4. The Morgan fingerprint density at radius 1 is 1.61 bits per heavy atom. The van der Waals surface area contributed by atoms with E-state index in [0.29, 0.717) is 23.7 Å². The molecule has 6 heteroatoms. The molecule has 0 fully saturated rings. The number of aliphatic hydroxyl groups is 1. The van der Waals surface area contributed by atoms with Gasteiger partial charge in [0.25, 0.3) is 0 Å². The van der Waals surface area contributed by atoms with Gasteiger partial charge in [-0.15, -0.1) is 0 Å². The number of nitrogens with one attached hydrogen (secondary N) is 1. The van der Waals surface area contributed by atoms with Crippen molar-refractivity contribution in [2.24, 2.45) is 5.73 Å². The number of carbonyl (C=O) groups is 1. The van der Waals surface area contributed by atoms with E-state index >= 15 is 0 Å². The molecule has 1 aromatic carbocycles. The third-order valence-electron chi connectivity index (χ3n) is 2.51. The van der Waals surface area contributed by atoms with Gasteiger partial charge in [-0.3, -0.25) is 4.79 Å². The number of amides is 1. The van der Waals surface area contributed by atoms with Crippen molar-refractivity contribution >= 4 is 17.5 Å². The molecule has 5 nitrogen and oxygen atoms in total. The molecular weight excluding hydrogens is 256 g/mol. The Morgan fingerprint density at radius 3 is 2.83 bits per heavy atom. The topological polar surface area (TPSA) is 84.6 Å². The second-order valence-corrected chi connectivity index (χ2v) is 4.29. The SMILES string of the molecule is COCC(CO)NCc1ccc(C(N)=O)cc1Cl. The van der Waals surface area contributed by atoms with Gasteiger partial charge in [-0.05, 0) is 17.7 Å². The highest BCUT2D eigenvalue weighted by Crippen LogP contribution is 2.17. The van der Waals surface area contributed by atoms with Crippen molar-refractivity contribution in [2.75, 3.05) is 20.3 Å². The van der Waals surface area contributed by atoms with Gasteiger partial charge in [-0.25, -0.2) is 0 Å². The van der Waals surface area contributed by atoms with Crippen LogP contribution in [0.15, 0.2) is 18.2 Å². The number of aliphatic hydroxyl groups excluding tert-OH is 1. The van der Waals surface area contributed by atoms with Crippen LogP contribution in [-0.4, -0.2) is 37.4 Å². The van der Waals surface area contributed by atoms with E-state index in [4.69, 9.17) is 27.2 Å². The standard InChI is InChI=1S/C12H17ClN2O3/c1-18-7-10(6-16)15-5-9-3-2-8(12(14)17)4-11(9)13/h2-4,10,15-16H,5-7H2,1H3,(H2,14,17). The summed E-state index contributed by atoms with van der Waals surface area (Å²) in [5.74, 6) is -0.510. The number of carbonyl (C=O) groups excluding carboxylic acids is 1. The molecule has 1 unspecified atom stereocenters. The van der Waals surface area contributed by atoms with Gasteiger partial charge < -0.3 is 20.9 Å². The van der Waals surface area contributed by atoms with E-state index in [2.05, 4.69) is 5.32 Å². The molecule has 0 bridgehead atoms. The first-order chi connectivity index (χ1) is 8.58. The van der Waals surface area contributed by atoms with E-state index in [-0.39, 0.29) is 12.6 Å². The van der Waals surface area contributed by atoms with Crippen molar-refractivity contribution in [1.29, 1.82) is 0 Å². The van der Waals surface area contributed by atoms with Crippen molar-refractivity contribution in [2.45, 2.75) is 12.6 Å². The van der Waals surface area contributed by atoms with Gasteiger partial charge in [0.2, 0.25) is 5.91 Å². The van der Waals surface area contributed by atoms with Gasteiger partial charge in [0.1, 0.15) is 0 Å². The van der Waals surface area contributed by atoms with E-state index < -0.39 is 5.91 Å². The van der Waals surface area contributed by atoms with Crippen molar-refractivity contribution < 1.29 is 14.6 Å². The molecule has 0 saturated carbocycles. The van der Waals surface area contributed by atoms with Gasteiger partial charge in [-0.2, -0.15) is 0 Å². The van der Waals surface area contributed by atoms with Crippen LogP contribution in [0.2, 0.25) is 5.02 Å². The van der Waals surface area contributed by atoms with Crippen LogP contribution in [0, 0.1) is 0 Å². The molecule has 100 valence electrons. The predicted octanol–water partition coefficient (Wildman–Crippen LogP) is 0.536. The molecule has 0 aliphatic heterocycles. The van der Waals surface area contributed by atoms with Gasteiger partial charge in [-0.1, -0.05) is 17.7 Å². The summed E-state index contributed by atoms with van der Waals surface area (Å²) in [5.41, 5.74) is 6.36. The van der Waals surface area contributed by atoms with Crippen LogP contribution in [0.1, 0.15) is 15.9 Å². The molecule has 0 aliphatic rings. The minimum atomic E-state index is -0.510. The van der Waals surface area contributed by atoms with Crippen LogP contribution in [-0.2, 0) is 11.3 Å². The Bertz CT molecular complexity index is 412. The first-order valence-electron chi connectivity index (χ1n) is 5.50. The maximum absolute atomic E-state index is 11.0. The number of halogens is 1. The minimum Gasteiger partial charge on any atom is -0.395 e.